The van der Waals surface area contributed by atoms with Gasteiger partial charge < -0.3 is 4.74 Å². The van der Waals surface area contributed by atoms with Crippen LogP contribution in [0.5, 0.6) is 0 Å². The number of hydrogen-bond acceptors (Lipinski definition) is 2. The molecule has 0 saturated carbocycles. The minimum atomic E-state index is -0.359. The lowest BCUT2D eigenvalue weighted by atomic mass is 9.88. The van der Waals surface area contributed by atoms with E-state index in [4.69, 9.17) is 7.85 Å². The van der Waals surface area contributed by atoms with Crippen molar-refractivity contribution in [3.8, 4) is 0 Å². The SMILES string of the molecule is [B]c1cccc(C(=O)OC)c1CBr. The van der Waals surface area contributed by atoms with Crippen LogP contribution in [0.4, 0.5) is 0 Å². The first-order chi connectivity index (χ1) is 6.20. The molecule has 0 aromatic heterocycles. The van der Waals surface area contributed by atoms with Crippen molar-refractivity contribution >= 4 is 35.2 Å². The van der Waals surface area contributed by atoms with E-state index >= 15 is 0 Å². The predicted octanol–water partition coefficient (Wildman–Crippen LogP) is 1.16. The number of benzene rings is 1. The second-order valence-corrected chi connectivity index (χ2v) is 3.06. The monoisotopic (exact) mass is 238 g/mol. The molecule has 0 fully saturated rings. The molecule has 2 radical (unpaired) electrons. The number of halogens is 1. The largest absolute Gasteiger partial charge is 0.465 e. The third-order valence-corrected chi connectivity index (χ3v) is 2.31. The van der Waals surface area contributed by atoms with Gasteiger partial charge in [-0.3, -0.25) is 0 Å². The van der Waals surface area contributed by atoms with Crippen LogP contribution in [0, 0.1) is 0 Å². The molecule has 0 N–H and O–H groups in total. The molecule has 2 nitrogen and oxygen atoms in total. The maximum Gasteiger partial charge on any atom is 0.338 e. The van der Waals surface area contributed by atoms with Crippen molar-refractivity contribution in [3.63, 3.8) is 0 Å². The topological polar surface area (TPSA) is 26.3 Å². The maximum absolute atomic E-state index is 11.2. The summed E-state index contributed by atoms with van der Waals surface area (Å²) in [4.78, 5) is 11.2. The van der Waals surface area contributed by atoms with Crippen molar-refractivity contribution in [1.82, 2.24) is 0 Å². The normalized spacial score (nSPS) is 9.69. The Labute approximate surface area is 86.8 Å². The van der Waals surface area contributed by atoms with Crippen molar-refractivity contribution < 1.29 is 9.53 Å². The van der Waals surface area contributed by atoms with Gasteiger partial charge in [0.2, 0.25) is 0 Å². The van der Waals surface area contributed by atoms with E-state index in [0.29, 0.717) is 16.4 Å². The lowest BCUT2D eigenvalue weighted by Crippen LogP contribution is -2.15. The first-order valence-corrected chi connectivity index (χ1v) is 4.84. The average molecular weight is 239 g/mol. The molecule has 0 atom stereocenters. The fourth-order valence-corrected chi connectivity index (χ4v) is 1.68. The molecule has 0 amide bonds. The first kappa shape index (κ1) is 10.3. The minimum Gasteiger partial charge on any atom is -0.465 e. The van der Waals surface area contributed by atoms with E-state index in [0.717, 1.165) is 5.56 Å². The molecule has 1 aromatic rings. The third-order valence-electron chi connectivity index (χ3n) is 1.75. The van der Waals surface area contributed by atoms with E-state index in [1.165, 1.54) is 7.11 Å². The zero-order valence-electron chi connectivity index (χ0n) is 7.21. The van der Waals surface area contributed by atoms with Crippen molar-refractivity contribution in [3.05, 3.63) is 29.3 Å². The molecule has 0 aliphatic heterocycles. The van der Waals surface area contributed by atoms with E-state index in [9.17, 15) is 4.79 Å². The van der Waals surface area contributed by atoms with Crippen molar-refractivity contribution in [1.29, 1.82) is 0 Å². The summed E-state index contributed by atoms with van der Waals surface area (Å²) in [5.41, 5.74) is 1.88. The van der Waals surface area contributed by atoms with Crippen LogP contribution < -0.4 is 5.46 Å². The Morgan fingerprint density at radius 1 is 1.62 bits per heavy atom. The Hall–Kier alpha value is -0.765. The van der Waals surface area contributed by atoms with Gasteiger partial charge in [0, 0.05) is 5.33 Å². The highest BCUT2D eigenvalue weighted by Gasteiger charge is 2.11. The Morgan fingerprint density at radius 3 is 2.85 bits per heavy atom. The van der Waals surface area contributed by atoms with Gasteiger partial charge in [-0.1, -0.05) is 33.5 Å². The van der Waals surface area contributed by atoms with Crippen LogP contribution in [0.15, 0.2) is 18.2 Å². The zero-order valence-corrected chi connectivity index (χ0v) is 8.80. The Kier molecular flexibility index (Phi) is 3.54. The number of hydrogen-bond donors (Lipinski definition) is 0. The Bertz CT molecular complexity index is 325. The molecule has 4 heteroatoms. The van der Waals surface area contributed by atoms with Crippen LogP contribution in [0.3, 0.4) is 0 Å². The van der Waals surface area contributed by atoms with E-state index in [1.54, 1.807) is 18.2 Å². The van der Waals surface area contributed by atoms with Gasteiger partial charge in [-0.15, -0.1) is 0 Å². The van der Waals surface area contributed by atoms with Gasteiger partial charge in [0.15, 0.2) is 0 Å². The Balaban J connectivity index is 3.20. The molecule has 0 spiro atoms. The van der Waals surface area contributed by atoms with Crippen LogP contribution in [-0.2, 0) is 10.1 Å². The molecule has 66 valence electrons. The van der Waals surface area contributed by atoms with Gasteiger partial charge in [-0.2, -0.15) is 0 Å². The summed E-state index contributed by atoms with van der Waals surface area (Å²) in [5, 5.41) is 0.546. The first-order valence-electron chi connectivity index (χ1n) is 3.72. The predicted molar refractivity (Wildman–Crippen MR) is 55.8 cm³/mol. The van der Waals surface area contributed by atoms with Gasteiger partial charge in [0.1, 0.15) is 7.85 Å². The van der Waals surface area contributed by atoms with E-state index < -0.39 is 0 Å². The summed E-state index contributed by atoms with van der Waals surface area (Å²) in [5.74, 6) is -0.359. The van der Waals surface area contributed by atoms with Gasteiger partial charge in [0.25, 0.3) is 0 Å². The van der Waals surface area contributed by atoms with Gasteiger partial charge in [-0.05, 0) is 11.6 Å². The third kappa shape index (κ3) is 2.12. The summed E-state index contributed by atoms with van der Waals surface area (Å²) in [6.45, 7) is 0. The zero-order chi connectivity index (χ0) is 9.84. The Morgan fingerprint density at radius 2 is 2.31 bits per heavy atom. The molecule has 13 heavy (non-hydrogen) atoms. The number of rotatable bonds is 2. The van der Waals surface area contributed by atoms with Crippen LogP contribution in [-0.4, -0.2) is 20.9 Å². The second-order valence-electron chi connectivity index (χ2n) is 2.50. The fraction of sp³-hybridized carbons (Fsp3) is 0.222. The standard InChI is InChI=1S/C9H8BBrO2/c1-13-9(12)6-3-2-4-8(10)7(6)5-11/h2-4H,5H2,1H3. The summed E-state index contributed by atoms with van der Waals surface area (Å²) in [6.07, 6.45) is 0. The fourth-order valence-electron chi connectivity index (χ4n) is 1.06. The number of esters is 1. The minimum absolute atomic E-state index is 0.359. The average Bonchev–Trinajstić information content (AvgIpc) is 2.16. The second kappa shape index (κ2) is 4.47. The number of alkyl halides is 1. The molecular formula is C9H8BBrO2. The molecule has 0 bridgehead atoms. The highest BCUT2D eigenvalue weighted by Crippen LogP contribution is 2.10. The number of carbonyl (C=O) groups excluding carboxylic acids is 1. The molecular weight excluding hydrogens is 231 g/mol. The highest BCUT2D eigenvalue weighted by atomic mass is 79.9. The molecule has 0 aliphatic rings. The van der Waals surface area contributed by atoms with E-state index in [2.05, 4.69) is 20.7 Å². The van der Waals surface area contributed by atoms with Gasteiger partial charge in [0.05, 0.1) is 12.7 Å². The van der Waals surface area contributed by atoms with Crippen LogP contribution >= 0.6 is 15.9 Å². The smallest absolute Gasteiger partial charge is 0.338 e. The number of ether oxygens (including phenoxy) is 1. The van der Waals surface area contributed by atoms with Crippen LogP contribution in [0.2, 0.25) is 0 Å². The molecule has 1 aromatic carbocycles. The number of methoxy groups -OCH3 is 1. The van der Waals surface area contributed by atoms with Crippen molar-refractivity contribution in [2.45, 2.75) is 5.33 Å². The van der Waals surface area contributed by atoms with Crippen LogP contribution in [0.25, 0.3) is 0 Å². The lowest BCUT2D eigenvalue weighted by Gasteiger charge is -2.07. The maximum atomic E-state index is 11.2. The molecule has 0 heterocycles. The quantitative estimate of drug-likeness (QED) is 0.439. The summed E-state index contributed by atoms with van der Waals surface area (Å²) >= 11 is 3.27. The highest BCUT2D eigenvalue weighted by molar-refractivity contribution is 9.08. The van der Waals surface area contributed by atoms with Crippen LogP contribution in [0.1, 0.15) is 15.9 Å². The van der Waals surface area contributed by atoms with Crippen molar-refractivity contribution in [2.75, 3.05) is 7.11 Å². The van der Waals surface area contributed by atoms with E-state index in [-0.39, 0.29) is 5.97 Å². The number of carbonyl (C=O) groups is 1. The van der Waals surface area contributed by atoms with Gasteiger partial charge >= 0.3 is 5.97 Å². The molecule has 1 rings (SSSR count). The molecule has 0 aliphatic carbocycles. The summed E-state index contributed by atoms with van der Waals surface area (Å²) < 4.78 is 4.62. The van der Waals surface area contributed by atoms with Gasteiger partial charge in [-0.25, -0.2) is 4.79 Å². The summed E-state index contributed by atoms with van der Waals surface area (Å²) in [7, 11) is 7.04. The lowest BCUT2D eigenvalue weighted by molar-refractivity contribution is 0.0600. The molecule has 0 saturated heterocycles. The molecule has 0 unspecified atom stereocenters. The summed E-state index contributed by atoms with van der Waals surface area (Å²) in [6, 6.07) is 5.18. The van der Waals surface area contributed by atoms with E-state index in [1.807, 2.05) is 0 Å². The van der Waals surface area contributed by atoms with Crippen molar-refractivity contribution in [2.24, 2.45) is 0 Å².